The summed E-state index contributed by atoms with van der Waals surface area (Å²) in [5.74, 6) is -0.0673. The number of nitrogens with two attached hydrogens (primary N) is 1. The van der Waals surface area contributed by atoms with Crippen LogP contribution in [-0.4, -0.2) is 49.1 Å². The van der Waals surface area contributed by atoms with Gasteiger partial charge in [-0.3, -0.25) is 9.78 Å². The van der Waals surface area contributed by atoms with Crippen molar-refractivity contribution in [2.45, 2.75) is 18.6 Å². The Morgan fingerprint density at radius 2 is 2.36 bits per heavy atom. The van der Waals surface area contributed by atoms with Crippen LogP contribution in [0.1, 0.15) is 12.5 Å². The van der Waals surface area contributed by atoms with Crippen molar-refractivity contribution in [2.75, 3.05) is 19.0 Å². The number of rotatable bonds is 3. The second kappa shape index (κ2) is 4.89. The Hall–Kier alpha value is -2.26. The zero-order chi connectivity index (χ0) is 16.1. The van der Waals surface area contributed by atoms with E-state index in [0.29, 0.717) is 5.57 Å². The average molecular weight is 309 g/mol. The maximum atomic E-state index is 13.4. The van der Waals surface area contributed by atoms with Gasteiger partial charge in [-0.25, -0.2) is 9.37 Å². The van der Waals surface area contributed by atoms with Crippen LogP contribution in [0.4, 0.5) is 10.3 Å². The van der Waals surface area contributed by atoms with E-state index in [-0.39, 0.29) is 23.5 Å². The van der Waals surface area contributed by atoms with Crippen molar-refractivity contribution in [1.82, 2.24) is 19.5 Å². The quantitative estimate of drug-likeness (QED) is 0.566. The van der Waals surface area contributed by atoms with Gasteiger partial charge in [0.15, 0.2) is 11.2 Å². The van der Waals surface area contributed by atoms with Crippen molar-refractivity contribution >= 4 is 17.1 Å². The van der Waals surface area contributed by atoms with Crippen molar-refractivity contribution in [3.8, 4) is 0 Å². The number of aromatic nitrogens is 4. The third-order valence-corrected chi connectivity index (χ3v) is 4.43. The number of hydrogen-bond acceptors (Lipinski definition) is 6. The number of nitrogen functional groups attached to an aromatic ring is 1. The molecule has 1 aliphatic carbocycles. The van der Waals surface area contributed by atoms with Crippen LogP contribution < -0.4 is 11.3 Å². The molecule has 2 aromatic heterocycles. The average Bonchev–Trinajstić information content (AvgIpc) is 2.99. The molecule has 118 valence electrons. The van der Waals surface area contributed by atoms with E-state index in [4.69, 9.17) is 5.73 Å². The fourth-order valence-electron chi connectivity index (χ4n) is 3.00. The van der Waals surface area contributed by atoms with Gasteiger partial charge in [0.25, 0.3) is 5.56 Å². The van der Waals surface area contributed by atoms with Gasteiger partial charge in [-0.15, -0.1) is 0 Å². The van der Waals surface area contributed by atoms with E-state index >= 15 is 0 Å². The van der Waals surface area contributed by atoms with E-state index in [0.717, 1.165) is 0 Å². The lowest BCUT2D eigenvalue weighted by Crippen LogP contribution is -2.37. The van der Waals surface area contributed by atoms with E-state index in [9.17, 15) is 19.4 Å². The summed E-state index contributed by atoms with van der Waals surface area (Å²) in [5.41, 5.74) is 4.31. The van der Waals surface area contributed by atoms with Crippen LogP contribution in [0.2, 0.25) is 0 Å². The molecule has 3 atom stereocenters. The van der Waals surface area contributed by atoms with E-state index < -0.39 is 36.4 Å². The molecule has 1 aliphatic rings. The Morgan fingerprint density at radius 3 is 2.95 bits per heavy atom. The predicted octanol–water partition coefficient (Wildman–Crippen LogP) is -0.488. The molecular formula is C13H16FN5O3. The van der Waals surface area contributed by atoms with Crippen LogP contribution in [0.25, 0.3) is 11.2 Å². The third kappa shape index (κ3) is 1.79. The summed E-state index contributed by atoms with van der Waals surface area (Å²) in [6.07, 6.45) is 0.431. The lowest BCUT2D eigenvalue weighted by molar-refractivity contribution is 0.0110. The molecular weight excluding hydrogens is 293 g/mol. The topological polar surface area (TPSA) is 130 Å². The zero-order valence-electron chi connectivity index (χ0n) is 11.7. The van der Waals surface area contributed by atoms with Crippen LogP contribution in [0.15, 0.2) is 23.3 Å². The molecule has 22 heavy (non-hydrogen) atoms. The largest absolute Gasteiger partial charge is 0.395 e. The van der Waals surface area contributed by atoms with Crippen LogP contribution in [0, 0.1) is 5.41 Å². The maximum Gasteiger partial charge on any atom is 0.280 e. The summed E-state index contributed by atoms with van der Waals surface area (Å²) in [6.45, 7) is 2.35. The van der Waals surface area contributed by atoms with Gasteiger partial charge in [0.2, 0.25) is 5.95 Å². The summed E-state index contributed by atoms with van der Waals surface area (Å²) in [4.78, 5) is 22.2. The number of fused-ring (bicyclic) bond motifs is 1. The lowest BCUT2D eigenvalue weighted by Gasteiger charge is -2.29. The lowest BCUT2D eigenvalue weighted by atomic mass is 9.83. The fourth-order valence-corrected chi connectivity index (χ4v) is 3.00. The molecule has 0 radical (unpaired) electrons. The molecule has 1 fully saturated rings. The van der Waals surface area contributed by atoms with Gasteiger partial charge in [0, 0.05) is 0 Å². The van der Waals surface area contributed by atoms with Crippen LogP contribution in [0.5, 0.6) is 0 Å². The van der Waals surface area contributed by atoms with Gasteiger partial charge < -0.3 is 20.5 Å². The number of H-pyrrole nitrogens is 1. The van der Waals surface area contributed by atoms with Gasteiger partial charge in [-0.05, 0) is 12.0 Å². The van der Waals surface area contributed by atoms with Crippen LogP contribution in [0.3, 0.4) is 0 Å². The smallest absolute Gasteiger partial charge is 0.280 e. The van der Waals surface area contributed by atoms with E-state index in [1.165, 1.54) is 10.9 Å². The number of nitrogens with one attached hydrogen (secondary N) is 1. The molecule has 0 saturated heterocycles. The normalized spacial score (nSPS) is 28.6. The Kier molecular flexibility index (Phi) is 3.26. The number of imidazole rings is 1. The molecule has 3 rings (SSSR count). The van der Waals surface area contributed by atoms with Gasteiger partial charge in [0.1, 0.15) is 6.67 Å². The molecule has 0 amide bonds. The number of halogens is 1. The van der Waals surface area contributed by atoms with Gasteiger partial charge in [-0.2, -0.15) is 4.98 Å². The summed E-state index contributed by atoms with van der Waals surface area (Å²) >= 11 is 0. The first kappa shape index (κ1) is 14.7. The molecule has 0 bridgehead atoms. The minimum Gasteiger partial charge on any atom is -0.395 e. The fraction of sp³-hybridized carbons (Fsp3) is 0.462. The van der Waals surface area contributed by atoms with Crippen molar-refractivity contribution in [2.24, 2.45) is 5.41 Å². The first-order valence-corrected chi connectivity index (χ1v) is 6.71. The van der Waals surface area contributed by atoms with E-state index in [1.54, 1.807) is 0 Å². The zero-order valence-corrected chi connectivity index (χ0v) is 11.7. The number of aromatic amines is 1. The summed E-state index contributed by atoms with van der Waals surface area (Å²) in [5, 5.41) is 19.7. The SMILES string of the molecule is C=C1[C@@H](n2cnc3c(=O)[nH]c(N)nc32)C[C@H](O)[C@]1(CO)CF. The Bertz CT molecular complexity index is 795. The van der Waals surface area contributed by atoms with Crippen LogP contribution in [-0.2, 0) is 0 Å². The Balaban J connectivity index is 2.14. The predicted molar refractivity (Wildman–Crippen MR) is 76.9 cm³/mol. The second-order valence-corrected chi connectivity index (χ2v) is 5.52. The molecule has 2 heterocycles. The highest BCUT2D eigenvalue weighted by molar-refractivity contribution is 5.71. The number of aliphatic hydroxyl groups excluding tert-OH is 2. The third-order valence-electron chi connectivity index (χ3n) is 4.43. The van der Waals surface area contributed by atoms with E-state index in [2.05, 4.69) is 21.5 Å². The maximum absolute atomic E-state index is 13.4. The molecule has 1 saturated carbocycles. The van der Waals surface area contributed by atoms with Gasteiger partial charge in [-0.1, -0.05) is 6.58 Å². The van der Waals surface area contributed by atoms with E-state index in [1.807, 2.05) is 0 Å². The number of hydrogen-bond donors (Lipinski definition) is 4. The molecule has 0 aliphatic heterocycles. The van der Waals surface area contributed by atoms with Crippen LogP contribution >= 0.6 is 0 Å². The highest BCUT2D eigenvalue weighted by Crippen LogP contribution is 2.48. The Labute approximate surface area is 124 Å². The second-order valence-electron chi connectivity index (χ2n) is 5.52. The van der Waals surface area contributed by atoms with Gasteiger partial charge >= 0.3 is 0 Å². The molecule has 0 aromatic carbocycles. The van der Waals surface area contributed by atoms with Crippen molar-refractivity contribution < 1.29 is 14.6 Å². The highest BCUT2D eigenvalue weighted by atomic mass is 19.1. The van der Waals surface area contributed by atoms with Gasteiger partial charge in [0.05, 0.1) is 30.5 Å². The summed E-state index contributed by atoms with van der Waals surface area (Å²) < 4.78 is 14.9. The number of anilines is 1. The first-order chi connectivity index (χ1) is 10.4. The summed E-state index contributed by atoms with van der Waals surface area (Å²) in [7, 11) is 0. The number of nitrogens with zero attached hydrogens (tertiary/aromatic N) is 3. The number of alkyl halides is 1. The minimum absolute atomic E-state index is 0.0673. The molecule has 8 nitrogen and oxygen atoms in total. The molecule has 9 heteroatoms. The standard InChI is InChI=1S/C13H16FN5O3/c1-6-7(2-8(21)13(6,3-14)4-20)19-5-16-9-10(19)17-12(15)18-11(9)22/h5,7-8,20-21H,1-4H2,(H3,15,17,18,22)/t7-,8-,13-/m0/s1. The van der Waals surface area contributed by atoms with Crippen molar-refractivity contribution in [3.63, 3.8) is 0 Å². The van der Waals surface area contributed by atoms with Crippen molar-refractivity contribution in [3.05, 3.63) is 28.8 Å². The summed E-state index contributed by atoms with van der Waals surface area (Å²) in [6, 6.07) is -0.531. The Morgan fingerprint density at radius 1 is 1.64 bits per heavy atom. The molecule has 5 N–H and O–H groups in total. The highest BCUT2D eigenvalue weighted by Gasteiger charge is 2.50. The van der Waals surface area contributed by atoms with Crippen molar-refractivity contribution in [1.29, 1.82) is 0 Å². The molecule has 0 spiro atoms. The first-order valence-electron chi connectivity index (χ1n) is 6.71. The molecule has 0 unspecified atom stereocenters. The monoisotopic (exact) mass is 309 g/mol. The number of aliphatic hydroxyl groups is 2. The minimum atomic E-state index is -1.41. The molecule has 2 aromatic rings.